The highest BCUT2D eigenvalue weighted by atomic mass is 16.3. The molecule has 0 bridgehead atoms. The van der Waals surface area contributed by atoms with Crippen molar-refractivity contribution in [2.24, 2.45) is 0 Å². The molecule has 0 aliphatic heterocycles. The van der Waals surface area contributed by atoms with Gasteiger partial charge in [-0.1, -0.05) is 103 Å². The van der Waals surface area contributed by atoms with Gasteiger partial charge in [-0.2, -0.15) is 0 Å². The minimum atomic E-state index is 0.811. The second-order valence-electron chi connectivity index (χ2n) is 11.4. The third-order valence-electron chi connectivity index (χ3n) is 8.66. The van der Waals surface area contributed by atoms with Crippen molar-refractivity contribution in [2.75, 3.05) is 4.90 Å². The van der Waals surface area contributed by atoms with Gasteiger partial charge in [0.15, 0.2) is 0 Å². The molecule has 4 heteroatoms. The number of hydrogen-bond acceptors (Lipinski definition) is 4. The molecule has 0 aliphatic rings. The molecule has 0 radical (unpaired) electrons. The fourth-order valence-electron chi connectivity index (χ4n) is 6.50. The summed E-state index contributed by atoms with van der Waals surface area (Å²) in [5.41, 5.74) is 9.90. The minimum Gasteiger partial charge on any atom is -0.456 e. The van der Waals surface area contributed by atoms with Crippen molar-refractivity contribution in [3.05, 3.63) is 164 Å². The lowest BCUT2D eigenvalue weighted by molar-refractivity contribution is 0.669. The van der Waals surface area contributed by atoms with E-state index in [1.54, 1.807) is 0 Å². The molecule has 216 valence electrons. The summed E-state index contributed by atoms with van der Waals surface area (Å²) < 4.78 is 6.33. The number of aromatic nitrogens is 2. The van der Waals surface area contributed by atoms with E-state index in [9.17, 15) is 0 Å². The average molecular weight is 590 g/mol. The quantitative estimate of drug-likeness (QED) is 0.187. The summed E-state index contributed by atoms with van der Waals surface area (Å²) in [5.74, 6) is 0.811. The second-order valence-corrected chi connectivity index (χ2v) is 11.4. The van der Waals surface area contributed by atoms with Crippen molar-refractivity contribution in [2.45, 2.75) is 0 Å². The first-order valence-electron chi connectivity index (χ1n) is 15.4. The number of fused-ring (bicyclic) bond motifs is 5. The van der Waals surface area contributed by atoms with Crippen LogP contribution >= 0.6 is 0 Å². The zero-order valence-electron chi connectivity index (χ0n) is 24.8. The largest absolute Gasteiger partial charge is 0.456 e. The molecule has 4 nitrogen and oxygen atoms in total. The number of pyridine rings is 2. The molecular formula is C42H27N3O. The van der Waals surface area contributed by atoms with Gasteiger partial charge in [-0.25, -0.2) is 9.97 Å². The maximum atomic E-state index is 6.33. The lowest BCUT2D eigenvalue weighted by Gasteiger charge is -2.25. The van der Waals surface area contributed by atoms with E-state index in [1.165, 1.54) is 5.56 Å². The van der Waals surface area contributed by atoms with E-state index >= 15 is 0 Å². The van der Waals surface area contributed by atoms with Crippen molar-refractivity contribution in [1.82, 2.24) is 9.97 Å². The first-order valence-corrected chi connectivity index (χ1v) is 15.4. The Balaban J connectivity index is 1.24. The van der Waals surface area contributed by atoms with Crippen molar-refractivity contribution < 1.29 is 4.42 Å². The Morgan fingerprint density at radius 2 is 1.02 bits per heavy atom. The molecule has 3 heterocycles. The third kappa shape index (κ3) is 4.39. The summed E-state index contributed by atoms with van der Waals surface area (Å²) in [7, 11) is 0. The maximum absolute atomic E-state index is 6.33. The highest BCUT2D eigenvalue weighted by Gasteiger charge is 2.19. The molecule has 0 aliphatic carbocycles. The number of hydrogen-bond donors (Lipinski definition) is 0. The van der Waals surface area contributed by atoms with Crippen molar-refractivity contribution in [3.63, 3.8) is 0 Å². The fourth-order valence-corrected chi connectivity index (χ4v) is 6.50. The van der Waals surface area contributed by atoms with Gasteiger partial charge in [0.2, 0.25) is 0 Å². The van der Waals surface area contributed by atoms with Crippen molar-refractivity contribution in [3.8, 4) is 22.4 Å². The molecule has 46 heavy (non-hydrogen) atoms. The van der Waals surface area contributed by atoms with Crippen LogP contribution in [0.1, 0.15) is 0 Å². The molecule has 0 amide bonds. The number of para-hydroxylation sites is 3. The predicted octanol–water partition coefficient (Wildman–Crippen LogP) is 11.5. The molecule has 0 saturated heterocycles. The monoisotopic (exact) mass is 589 g/mol. The molecule has 3 aromatic heterocycles. The van der Waals surface area contributed by atoms with Crippen LogP contribution in [0.4, 0.5) is 17.2 Å². The number of benzene rings is 6. The summed E-state index contributed by atoms with van der Waals surface area (Å²) in [6.07, 6.45) is 0. The molecule has 0 N–H and O–H groups in total. The van der Waals surface area contributed by atoms with E-state index in [1.807, 2.05) is 36.4 Å². The average Bonchev–Trinajstić information content (AvgIpc) is 3.49. The Hall–Kier alpha value is -6.26. The highest BCUT2D eigenvalue weighted by Crippen LogP contribution is 2.40. The first kappa shape index (κ1) is 26.2. The van der Waals surface area contributed by atoms with Gasteiger partial charge in [0.25, 0.3) is 0 Å². The van der Waals surface area contributed by atoms with E-state index < -0.39 is 0 Å². The zero-order valence-corrected chi connectivity index (χ0v) is 24.8. The smallest absolute Gasteiger partial charge is 0.138 e. The zero-order chi connectivity index (χ0) is 30.5. The van der Waals surface area contributed by atoms with Crippen LogP contribution in [-0.4, -0.2) is 9.97 Å². The highest BCUT2D eigenvalue weighted by molar-refractivity contribution is 6.09. The Kier molecular flexibility index (Phi) is 6.10. The molecule has 0 fully saturated rings. The number of rotatable bonds is 5. The van der Waals surface area contributed by atoms with Crippen LogP contribution in [0, 0.1) is 0 Å². The predicted molar refractivity (Wildman–Crippen MR) is 190 cm³/mol. The van der Waals surface area contributed by atoms with E-state index in [0.717, 1.165) is 77.8 Å². The number of furan rings is 1. The fraction of sp³-hybridized carbons (Fsp3) is 0. The Morgan fingerprint density at radius 1 is 0.413 bits per heavy atom. The van der Waals surface area contributed by atoms with Gasteiger partial charge in [0, 0.05) is 38.9 Å². The summed E-state index contributed by atoms with van der Waals surface area (Å²) >= 11 is 0. The SMILES string of the molecule is c1ccc(-c2ccc(N(c3ccc4c(c3)oc3ccccc34)c3cccc(-c4c5ccccc5nc5ccccc45)n3)cc2)cc1. The summed E-state index contributed by atoms with van der Waals surface area (Å²) in [6.45, 7) is 0. The first-order chi connectivity index (χ1) is 22.8. The Labute approximate surface area is 265 Å². The van der Waals surface area contributed by atoms with Crippen LogP contribution in [0.3, 0.4) is 0 Å². The Bertz CT molecular complexity index is 2480. The lowest BCUT2D eigenvalue weighted by atomic mass is 9.99. The van der Waals surface area contributed by atoms with Gasteiger partial charge in [-0.15, -0.1) is 0 Å². The normalized spacial score (nSPS) is 11.5. The second kappa shape index (κ2) is 10.7. The van der Waals surface area contributed by atoms with Crippen LogP contribution < -0.4 is 4.90 Å². The van der Waals surface area contributed by atoms with Crippen molar-refractivity contribution >= 4 is 60.9 Å². The molecule has 6 aromatic carbocycles. The number of nitrogens with zero attached hydrogens (tertiary/aromatic N) is 3. The van der Waals surface area contributed by atoms with Gasteiger partial charge in [0.1, 0.15) is 17.0 Å². The summed E-state index contributed by atoms with van der Waals surface area (Å²) in [6, 6.07) is 56.6. The van der Waals surface area contributed by atoms with Gasteiger partial charge in [0.05, 0.1) is 22.4 Å². The van der Waals surface area contributed by atoms with E-state index in [4.69, 9.17) is 14.4 Å². The van der Waals surface area contributed by atoms with Gasteiger partial charge in [-0.05, 0) is 65.7 Å². The van der Waals surface area contributed by atoms with E-state index in [-0.39, 0.29) is 0 Å². The van der Waals surface area contributed by atoms with E-state index in [2.05, 4.69) is 132 Å². The van der Waals surface area contributed by atoms with Crippen LogP contribution in [0.2, 0.25) is 0 Å². The molecule has 9 aromatic rings. The minimum absolute atomic E-state index is 0.811. The van der Waals surface area contributed by atoms with E-state index in [0.29, 0.717) is 0 Å². The van der Waals surface area contributed by atoms with Crippen LogP contribution in [0.5, 0.6) is 0 Å². The molecular weight excluding hydrogens is 562 g/mol. The molecule has 0 atom stereocenters. The molecule has 9 rings (SSSR count). The Morgan fingerprint density at radius 3 is 1.78 bits per heavy atom. The topological polar surface area (TPSA) is 42.2 Å². The van der Waals surface area contributed by atoms with Crippen LogP contribution in [-0.2, 0) is 0 Å². The standard InChI is InChI=1S/C42H27N3O/c1-2-11-28(12-3-1)29-21-23-30(24-22-29)45(31-25-26-33-32-13-6-9-19-39(32)46-40(33)27-31)41-20-10-18-38(44-41)42-34-14-4-7-16-36(34)43-37-17-8-5-15-35(37)42/h1-27H. The van der Waals surface area contributed by atoms with Crippen molar-refractivity contribution in [1.29, 1.82) is 0 Å². The molecule has 0 spiro atoms. The van der Waals surface area contributed by atoms with Crippen LogP contribution in [0.15, 0.2) is 168 Å². The lowest BCUT2D eigenvalue weighted by Crippen LogP contribution is -2.12. The van der Waals surface area contributed by atoms with Gasteiger partial charge < -0.3 is 4.42 Å². The molecule has 0 saturated carbocycles. The third-order valence-corrected chi connectivity index (χ3v) is 8.66. The van der Waals surface area contributed by atoms with Crippen LogP contribution in [0.25, 0.3) is 66.1 Å². The summed E-state index contributed by atoms with van der Waals surface area (Å²) in [4.78, 5) is 12.5. The van der Waals surface area contributed by atoms with Gasteiger partial charge >= 0.3 is 0 Å². The van der Waals surface area contributed by atoms with Gasteiger partial charge in [-0.3, -0.25) is 4.90 Å². The maximum Gasteiger partial charge on any atom is 0.138 e. The summed E-state index contributed by atoms with van der Waals surface area (Å²) in [5, 5.41) is 4.36. The molecule has 0 unspecified atom stereocenters. The number of anilines is 3.